The number of rotatable bonds is 3. The number of hydrogen-bond donors (Lipinski definition) is 1. The van der Waals surface area contributed by atoms with Gasteiger partial charge >= 0.3 is 0 Å². The minimum absolute atomic E-state index is 0.627. The van der Waals surface area contributed by atoms with Crippen molar-refractivity contribution >= 4 is 11.5 Å². The molecule has 2 N–H and O–H groups in total. The van der Waals surface area contributed by atoms with E-state index in [1.165, 1.54) is 0 Å². The number of nitrogens with zero attached hydrogens (tertiary/aromatic N) is 2. The van der Waals surface area contributed by atoms with Gasteiger partial charge in [-0.15, -0.1) is 0 Å². The molecule has 0 amide bonds. The maximum atomic E-state index is 5.64. The molecule has 0 aliphatic carbocycles. The van der Waals surface area contributed by atoms with Crippen molar-refractivity contribution in [3.8, 4) is 0 Å². The summed E-state index contributed by atoms with van der Waals surface area (Å²) in [7, 11) is 1.82. The van der Waals surface area contributed by atoms with Crippen LogP contribution in [0.5, 0.6) is 0 Å². The molecule has 13 heavy (non-hydrogen) atoms. The number of hydrogen-bond acceptors (Lipinski definition) is 4. The van der Waals surface area contributed by atoms with Crippen molar-refractivity contribution in [2.45, 2.75) is 13.8 Å². The van der Waals surface area contributed by atoms with Crippen LogP contribution in [0.1, 0.15) is 12.5 Å². The number of pyridine rings is 1. The second kappa shape index (κ2) is 4.09. The van der Waals surface area contributed by atoms with Crippen molar-refractivity contribution in [3.05, 3.63) is 17.8 Å². The molecule has 0 aliphatic heterocycles. The predicted molar refractivity (Wildman–Crippen MR) is 53.4 cm³/mol. The molecule has 0 saturated carbocycles. The molecular weight excluding hydrogens is 166 g/mol. The number of nitrogen functional groups attached to an aromatic ring is 1. The lowest BCUT2D eigenvalue weighted by atomic mass is 10.2. The molecule has 72 valence electrons. The highest BCUT2D eigenvalue weighted by atomic mass is 16.7. The Morgan fingerprint density at radius 2 is 2.31 bits per heavy atom. The summed E-state index contributed by atoms with van der Waals surface area (Å²) in [5.41, 5.74) is 7.35. The van der Waals surface area contributed by atoms with Gasteiger partial charge in [-0.1, -0.05) is 0 Å². The summed E-state index contributed by atoms with van der Waals surface area (Å²) < 4.78 is 0. The van der Waals surface area contributed by atoms with Crippen LogP contribution in [0.25, 0.3) is 0 Å². The van der Waals surface area contributed by atoms with Crippen molar-refractivity contribution < 1.29 is 4.84 Å². The molecule has 0 saturated heterocycles. The second-order valence-electron chi connectivity index (χ2n) is 2.81. The lowest BCUT2D eigenvalue weighted by Crippen LogP contribution is -2.18. The number of aromatic nitrogens is 1. The third-order valence-corrected chi connectivity index (χ3v) is 1.78. The van der Waals surface area contributed by atoms with Gasteiger partial charge in [-0.05, 0) is 25.5 Å². The number of hydroxylamine groups is 1. The summed E-state index contributed by atoms with van der Waals surface area (Å²) in [4.78, 5) is 9.39. The standard InChI is InChI=1S/C9H15N3O/c1-4-13-12(3)9-5-7(2)8(10)6-11-9/h5-6H,4,10H2,1-3H3. The van der Waals surface area contributed by atoms with Crippen LogP contribution in [0, 0.1) is 6.92 Å². The van der Waals surface area contributed by atoms with E-state index in [1.54, 1.807) is 11.3 Å². The smallest absolute Gasteiger partial charge is 0.152 e. The van der Waals surface area contributed by atoms with Crippen molar-refractivity contribution in [1.82, 2.24) is 4.98 Å². The summed E-state index contributed by atoms with van der Waals surface area (Å²) in [5, 5.41) is 1.63. The third-order valence-electron chi connectivity index (χ3n) is 1.78. The monoisotopic (exact) mass is 181 g/mol. The van der Waals surface area contributed by atoms with Crippen LogP contribution in [0.3, 0.4) is 0 Å². The fraction of sp³-hybridized carbons (Fsp3) is 0.444. The van der Waals surface area contributed by atoms with Crippen molar-refractivity contribution in [2.75, 3.05) is 24.5 Å². The lowest BCUT2D eigenvalue weighted by molar-refractivity contribution is 0.133. The first-order chi connectivity index (χ1) is 6.15. The number of aryl methyl sites for hydroxylation is 1. The average molecular weight is 181 g/mol. The third kappa shape index (κ3) is 2.32. The maximum Gasteiger partial charge on any atom is 0.152 e. The molecule has 0 unspecified atom stereocenters. The van der Waals surface area contributed by atoms with Crippen LogP contribution in [0.4, 0.5) is 11.5 Å². The summed E-state index contributed by atoms with van der Waals surface area (Å²) in [6, 6.07) is 1.89. The van der Waals surface area contributed by atoms with Crippen molar-refractivity contribution in [1.29, 1.82) is 0 Å². The first-order valence-corrected chi connectivity index (χ1v) is 4.24. The molecule has 4 heteroatoms. The van der Waals surface area contributed by atoms with Gasteiger partial charge in [0, 0.05) is 7.05 Å². The molecule has 0 atom stereocenters. The molecule has 0 fully saturated rings. The largest absolute Gasteiger partial charge is 0.397 e. The van der Waals surface area contributed by atoms with E-state index < -0.39 is 0 Å². The van der Waals surface area contributed by atoms with E-state index in [0.29, 0.717) is 12.3 Å². The zero-order chi connectivity index (χ0) is 9.84. The van der Waals surface area contributed by atoms with Gasteiger partial charge in [0.05, 0.1) is 18.5 Å². The highest BCUT2D eigenvalue weighted by Gasteiger charge is 2.03. The van der Waals surface area contributed by atoms with Gasteiger partial charge in [-0.2, -0.15) is 0 Å². The second-order valence-corrected chi connectivity index (χ2v) is 2.81. The van der Waals surface area contributed by atoms with Gasteiger partial charge in [0.1, 0.15) is 0 Å². The molecule has 0 aliphatic rings. The van der Waals surface area contributed by atoms with Gasteiger partial charge in [0.15, 0.2) is 5.82 Å². The molecule has 0 radical (unpaired) electrons. The van der Waals surface area contributed by atoms with Crippen molar-refractivity contribution in [2.24, 2.45) is 0 Å². The lowest BCUT2D eigenvalue weighted by Gasteiger charge is -2.16. The summed E-state index contributed by atoms with van der Waals surface area (Å²) >= 11 is 0. The Kier molecular flexibility index (Phi) is 3.08. The minimum Gasteiger partial charge on any atom is -0.397 e. The van der Waals surface area contributed by atoms with E-state index in [9.17, 15) is 0 Å². The molecule has 1 aromatic rings. The van der Waals surface area contributed by atoms with Crippen LogP contribution in [0.2, 0.25) is 0 Å². The summed E-state index contributed by atoms with van der Waals surface area (Å²) in [6.07, 6.45) is 1.64. The molecule has 4 nitrogen and oxygen atoms in total. The molecule has 1 heterocycles. The van der Waals surface area contributed by atoms with E-state index in [0.717, 1.165) is 11.4 Å². The van der Waals surface area contributed by atoms with E-state index in [1.807, 2.05) is 27.0 Å². The van der Waals surface area contributed by atoms with Crippen LogP contribution in [-0.4, -0.2) is 18.6 Å². The number of anilines is 2. The normalized spacial score (nSPS) is 10.1. The fourth-order valence-electron chi connectivity index (χ4n) is 0.984. The van der Waals surface area contributed by atoms with E-state index >= 15 is 0 Å². The van der Waals surface area contributed by atoms with Gasteiger partial charge in [0.2, 0.25) is 0 Å². The Hall–Kier alpha value is -1.29. The Labute approximate surface area is 78.3 Å². The molecule has 1 rings (SSSR count). The topological polar surface area (TPSA) is 51.4 Å². The zero-order valence-electron chi connectivity index (χ0n) is 8.24. The molecule has 1 aromatic heterocycles. The Balaban J connectivity index is 2.84. The Bertz CT molecular complexity index is 288. The van der Waals surface area contributed by atoms with Gasteiger partial charge in [-0.3, -0.25) is 4.84 Å². The quantitative estimate of drug-likeness (QED) is 0.715. The number of nitrogens with two attached hydrogens (primary N) is 1. The summed E-state index contributed by atoms with van der Waals surface area (Å²) in [5.74, 6) is 0.772. The fourth-order valence-corrected chi connectivity index (χ4v) is 0.984. The minimum atomic E-state index is 0.627. The highest BCUT2D eigenvalue weighted by Crippen LogP contribution is 2.15. The first kappa shape index (κ1) is 9.80. The van der Waals surface area contributed by atoms with Gasteiger partial charge < -0.3 is 5.73 Å². The molecule has 0 bridgehead atoms. The van der Waals surface area contributed by atoms with Gasteiger partial charge in [0.25, 0.3) is 0 Å². The van der Waals surface area contributed by atoms with E-state index in [2.05, 4.69) is 4.98 Å². The van der Waals surface area contributed by atoms with Crippen molar-refractivity contribution in [3.63, 3.8) is 0 Å². The first-order valence-electron chi connectivity index (χ1n) is 4.24. The van der Waals surface area contributed by atoms with Gasteiger partial charge in [-0.25, -0.2) is 10.0 Å². The Morgan fingerprint density at radius 1 is 1.62 bits per heavy atom. The SMILES string of the molecule is CCON(C)c1cc(C)c(N)cn1. The van der Waals surface area contributed by atoms with Crippen LogP contribution in [-0.2, 0) is 4.84 Å². The van der Waals surface area contributed by atoms with Crippen LogP contribution < -0.4 is 10.8 Å². The van der Waals surface area contributed by atoms with E-state index in [4.69, 9.17) is 10.6 Å². The Morgan fingerprint density at radius 3 is 2.85 bits per heavy atom. The van der Waals surface area contributed by atoms with E-state index in [-0.39, 0.29) is 0 Å². The average Bonchev–Trinajstić information content (AvgIpc) is 2.10. The van der Waals surface area contributed by atoms with Crippen LogP contribution in [0.15, 0.2) is 12.3 Å². The highest BCUT2D eigenvalue weighted by molar-refractivity contribution is 5.50. The molecule has 0 aromatic carbocycles. The molecular formula is C9H15N3O. The summed E-state index contributed by atoms with van der Waals surface area (Å²) in [6.45, 7) is 4.50. The van der Waals surface area contributed by atoms with Crippen LogP contribution >= 0.6 is 0 Å². The predicted octanol–water partition coefficient (Wildman–Crippen LogP) is 1.36. The maximum absolute atomic E-state index is 5.64. The molecule has 0 spiro atoms. The zero-order valence-corrected chi connectivity index (χ0v) is 8.24.